The molecule has 2 amide bonds. The van der Waals surface area contributed by atoms with Gasteiger partial charge in [0, 0.05) is 6.07 Å². The number of hydrogen-bond donors (Lipinski definition) is 0. The summed E-state index contributed by atoms with van der Waals surface area (Å²) < 4.78 is 11.1. The van der Waals surface area contributed by atoms with Crippen molar-refractivity contribution in [2.24, 2.45) is 40.6 Å². The highest BCUT2D eigenvalue weighted by Gasteiger charge is 2.67. The Bertz CT molecular complexity index is 1160. The molecule has 7 rings (SSSR count). The monoisotopic (exact) mass is 433 g/mol. The van der Waals surface area contributed by atoms with Crippen LogP contribution >= 0.6 is 0 Å². The topological polar surface area (TPSA) is 115 Å². The van der Waals surface area contributed by atoms with Crippen LogP contribution in [0.4, 0.5) is 5.69 Å². The van der Waals surface area contributed by atoms with E-state index in [1.807, 2.05) is 0 Å². The molecule has 9 heteroatoms. The molecule has 6 atom stereocenters. The Kier molecular flexibility index (Phi) is 4.08. The lowest BCUT2D eigenvalue weighted by Gasteiger charge is -2.37. The number of furan rings is 1. The van der Waals surface area contributed by atoms with Crippen LogP contribution < -0.4 is 4.74 Å². The predicted molar refractivity (Wildman–Crippen MR) is 110 cm³/mol. The van der Waals surface area contributed by atoms with Crippen LogP contribution in [0, 0.1) is 45.6 Å². The molecule has 1 aromatic carbocycles. The first-order chi connectivity index (χ1) is 15.5. The molecule has 1 aliphatic heterocycles. The van der Waals surface area contributed by atoms with Gasteiger partial charge in [-0.15, -0.1) is 0 Å². The minimum Gasteiger partial charge on any atom is -0.479 e. The van der Waals surface area contributed by atoms with Crippen LogP contribution in [0.5, 0.6) is 5.75 Å². The van der Waals surface area contributed by atoms with Crippen LogP contribution in [-0.2, 0) is 16.2 Å². The van der Waals surface area contributed by atoms with Gasteiger partial charge < -0.3 is 9.15 Å². The second kappa shape index (κ2) is 6.88. The summed E-state index contributed by atoms with van der Waals surface area (Å²) in [6, 6.07) is 9.38. The van der Waals surface area contributed by atoms with Crippen molar-refractivity contribution in [2.75, 3.05) is 0 Å². The van der Waals surface area contributed by atoms with E-state index in [2.05, 4.69) is 17.3 Å². The van der Waals surface area contributed by atoms with Crippen molar-refractivity contribution in [1.82, 2.24) is 5.01 Å². The lowest BCUT2D eigenvalue weighted by Crippen LogP contribution is -2.40. The number of allylic oxidation sites excluding steroid dienone is 2. The number of amides is 2. The maximum atomic E-state index is 12.9. The average Bonchev–Trinajstić information content (AvgIpc) is 3.45. The second-order valence-electron chi connectivity index (χ2n) is 8.71. The van der Waals surface area contributed by atoms with E-state index in [1.54, 1.807) is 24.3 Å². The molecule has 0 spiro atoms. The quantitative estimate of drug-likeness (QED) is 0.227. The Morgan fingerprint density at radius 1 is 1.09 bits per heavy atom. The van der Waals surface area contributed by atoms with E-state index >= 15 is 0 Å². The summed E-state index contributed by atoms with van der Waals surface area (Å²) >= 11 is 0. The standard InChI is InChI=1S/C23H19N3O6/c27-22-20-14-7-8-15(17-9-16(14)17)21(20)23(28)25(22)24-10-12-5-6-13(32-12)11-31-19-4-2-1-3-18(19)26(29)30/h1-8,10,14-17,20-21H,9,11H2/b24-10-/t14-,15+,16-,17-,20+,21+/m1/s1. The van der Waals surface area contributed by atoms with Crippen LogP contribution in [0.2, 0.25) is 0 Å². The molecule has 0 unspecified atom stereocenters. The molecule has 0 N–H and O–H groups in total. The van der Waals surface area contributed by atoms with Gasteiger partial charge in [-0.1, -0.05) is 24.3 Å². The first kappa shape index (κ1) is 19.0. The molecule has 3 fully saturated rings. The number of para-hydroxylation sites is 2. The third-order valence-corrected chi connectivity index (χ3v) is 7.05. The average molecular weight is 433 g/mol. The van der Waals surface area contributed by atoms with Crippen molar-refractivity contribution >= 4 is 23.7 Å². The Morgan fingerprint density at radius 3 is 2.47 bits per heavy atom. The summed E-state index contributed by atoms with van der Waals surface area (Å²) in [6.45, 7) is -0.0117. The minimum atomic E-state index is -0.511. The van der Waals surface area contributed by atoms with Crippen molar-refractivity contribution < 1.29 is 23.7 Å². The van der Waals surface area contributed by atoms with Crippen LogP contribution in [0.25, 0.3) is 0 Å². The smallest absolute Gasteiger partial charge is 0.310 e. The fourth-order valence-electron chi connectivity index (χ4n) is 5.59. The Balaban J connectivity index is 1.14. The van der Waals surface area contributed by atoms with Crippen molar-refractivity contribution in [2.45, 2.75) is 13.0 Å². The van der Waals surface area contributed by atoms with Gasteiger partial charge in [-0.25, -0.2) is 0 Å². The van der Waals surface area contributed by atoms with E-state index in [0.29, 0.717) is 23.4 Å². The van der Waals surface area contributed by atoms with Gasteiger partial charge >= 0.3 is 5.69 Å². The summed E-state index contributed by atoms with van der Waals surface area (Å²) in [7, 11) is 0. The molecule has 2 saturated carbocycles. The fraction of sp³-hybridized carbons (Fsp3) is 0.348. The van der Waals surface area contributed by atoms with Gasteiger partial charge in [-0.3, -0.25) is 19.7 Å². The summed E-state index contributed by atoms with van der Waals surface area (Å²) in [5.41, 5.74) is -0.130. The van der Waals surface area contributed by atoms with E-state index in [1.165, 1.54) is 18.3 Å². The lowest BCUT2D eigenvalue weighted by molar-refractivity contribution is -0.386. The van der Waals surface area contributed by atoms with Gasteiger partial charge in [0.15, 0.2) is 5.75 Å². The van der Waals surface area contributed by atoms with Gasteiger partial charge in [-0.2, -0.15) is 10.1 Å². The number of hydrazone groups is 1. The third kappa shape index (κ3) is 2.80. The molecule has 5 aliphatic rings. The molecule has 2 bridgehead atoms. The molecular weight excluding hydrogens is 414 g/mol. The maximum Gasteiger partial charge on any atom is 0.310 e. The van der Waals surface area contributed by atoms with Crippen LogP contribution in [0.1, 0.15) is 17.9 Å². The highest BCUT2D eigenvalue weighted by Crippen LogP contribution is 2.65. The summed E-state index contributed by atoms with van der Waals surface area (Å²) in [6.07, 6.45) is 6.70. The van der Waals surface area contributed by atoms with Crippen molar-refractivity contribution in [1.29, 1.82) is 0 Å². The molecule has 1 saturated heterocycles. The van der Waals surface area contributed by atoms with E-state index in [0.717, 1.165) is 11.4 Å². The zero-order chi connectivity index (χ0) is 22.0. The van der Waals surface area contributed by atoms with Gasteiger partial charge in [0.05, 0.1) is 23.0 Å². The number of imide groups is 1. The number of nitro benzene ring substituents is 1. The summed E-state index contributed by atoms with van der Waals surface area (Å²) in [5, 5.41) is 16.2. The Labute approximate surface area is 182 Å². The number of hydrogen-bond acceptors (Lipinski definition) is 7. The molecular formula is C23H19N3O6. The molecule has 32 heavy (non-hydrogen) atoms. The Hall–Kier alpha value is -3.75. The maximum absolute atomic E-state index is 12.9. The number of rotatable bonds is 6. The molecule has 2 heterocycles. The van der Waals surface area contributed by atoms with Gasteiger partial charge in [0.2, 0.25) is 0 Å². The molecule has 162 valence electrons. The fourth-order valence-corrected chi connectivity index (χ4v) is 5.59. The van der Waals surface area contributed by atoms with Crippen LogP contribution in [0.15, 0.2) is 58.1 Å². The normalized spacial score (nSPS) is 31.8. The molecule has 1 aromatic heterocycles. The van der Waals surface area contributed by atoms with Crippen molar-refractivity contribution in [3.63, 3.8) is 0 Å². The first-order valence-corrected chi connectivity index (χ1v) is 10.6. The van der Waals surface area contributed by atoms with E-state index in [4.69, 9.17) is 9.15 Å². The zero-order valence-electron chi connectivity index (χ0n) is 16.9. The van der Waals surface area contributed by atoms with E-state index < -0.39 is 4.92 Å². The van der Waals surface area contributed by atoms with E-state index in [-0.39, 0.29) is 53.5 Å². The van der Waals surface area contributed by atoms with E-state index in [9.17, 15) is 19.7 Å². The predicted octanol–water partition coefficient (Wildman–Crippen LogP) is 3.15. The molecule has 0 radical (unpaired) electrons. The second-order valence-corrected chi connectivity index (χ2v) is 8.71. The minimum absolute atomic E-state index is 0.0117. The number of nitro groups is 1. The number of carbonyl (C=O) groups is 2. The molecule has 9 nitrogen and oxygen atoms in total. The zero-order valence-corrected chi connectivity index (χ0v) is 16.9. The van der Waals surface area contributed by atoms with Gasteiger partial charge in [-0.05, 0) is 48.3 Å². The number of carbonyl (C=O) groups excluding carboxylic acids is 2. The van der Waals surface area contributed by atoms with Gasteiger partial charge in [0.1, 0.15) is 18.1 Å². The highest BCUT2D eigenvalue weighted by atomic mass is 16.6. The largest absolute Gasteiger partial charge is 0.479 e. The van der Waals surface area contributed by atoms with Crippen molar-refractivity contribution in [3.05, 3.63) is 70.2 Å². The lowest BCUT2D eigenvalue weighted by atomic mass is 9.63. The summed E-state index contributed by atoms with van der Waals surface area (Å²) in [4.78, 5) is 36.4. The molecule has 2 aromatic rings. The third-order valence-electron chi connectivity index (χ3n) is 7.05. The number of benzene rings is 1. The highest BCUT2D eigenvalue weighted by molar-refractivity contribution is 6.06. The number of ether oxygens (including phenoxy) is 1. The molecule has 4 aliphatic carbocycles. The van der Waals surface area contributed by atoms with Crippen LogP contribution in [0.3, 0.4) is 0 Å². The Morgan fingerprint density at radius 2 is 1.78 bits per heavy atom. The number of nitrogens with zero attached hydrogens (tertiary/aromatic N) is 3. The summed E-state index contributed by atoms with van der Waals surface area (Å²) in [5.74, 6) is 1.27. The van der Waals surface area contributed by atoms with Crippen molar-refractivity contribution in [3.8, 4) is 5.75 Å². The van der Waals surface area contributed by atoms with Crippen LogP contribution in [-0.4, -0.2) is 28.0 Å². The SMILES string of the molecule is O=C1[C@H]2[C@@H]3C=C[C@@H]([C@H]4C[C@H]34)[C@@H]2C(=O)N1/N=C\c1ccc(COc2ccccc2[N+](=O)[O-])o1. The first-order valence-electron chi connectivity index (χ1n) is 10.6. The van der Waals surface area contributed by atoms with Gasteiger partial charge in [0.25, 0.3) is 11.8 Å².